The molecule has 1 heterocycles. The van der Waals surface area contributed by atoms with Gasteiger partial charge < -0.3 is 5.73 Å². The van der Waals surface area contributed by atoms with Gasteiger partial charge in [-0.05, 0) is 41.7 Å². The highest BCUT2D eigenvalue weighted by Crippen LogP contribution is 2.30. The number of fused-ring (bicyclic) bond motifs is 1. The van der Waals surface area contributed by atoms with E-state index >= 15 is 0 Å². The highest BCUT2D eigenvalue weighted by atomic mass is 14.7. The minimum atomic E-state index is 0.166. The molecule has 0 saturated carbocycles. The smallest absolute Gasteiger partial charge is 0.0738 e. The van der Waals surface area contributed by atoms with Gasteiger partial charge in [-0.25, -0.2) is 4.98 Å². The molecule has 0 radical (unpaired) electrons. The standard InChI is InChI=1S/C20H22N2/c1-13-12-16-17(21)6-5-7-18(16)22-19(13)14-8-10-15(11-9-14)20(2,3)4/h5-12H,21H2,1-4H3. The van der Waals surface area contributed by atoms with E-state index in [0.717, 1.165) is 33.4 Å². The van der Waals surface area contributed by atoms with Gasteiger partial charge in [0.05, 0.1) is 11.2 Å². The predicted molar refractivity (Wildman–Crippen MR) is 95.0 cm³/mol. The Balaban J connectivity index is 2.12. The van der Waals surface area contributed by atoms with Gasteiger partial charge in [0.2, 0.25) is 0 Å². The number of nitrogens with two attached hydrogens (primary N) is 1. The first-order valence-corrected chi connectivity index (χ1v) is 7.63. The van der Waals surface area contributed by atoms with Crippen LogP contribution in [0.1, 0.15) is 31.9 Å². The SMILES string of the molecule is Cc1cc2c(N)cccc2nc1-c1ccc(C(C)(C)C)cc1. The normalized spacial score (nSPS) is 11.8. The fraction of sp³-hybridized carbons (Fsp3) is 0.250. The molecule has 2 heteroatoms. The zero-order chi connectivity index (χ0) is 15.9. The summed E-state index contributed by atoms with van der Waals surface area (Å²) in [6.45, 7) is 8.77. The third-order valence-electron chi connectivity index (χ3n) is 4.11. The zero-order valence-electron chi connectivity index (χ0n) is 13.6. The third-order valence-corrected chi connectivity index (χ3v) is 4.11. The Hall–Kier alpha value is -2.35. The summed E-state index contributed by atoms with van der Waals surface area (Å²) in [5.74, 6) is 0. The van der Waals surface area contributed by atoms with Gasteiger partial charge in [0.1, 0.15) is 0 Å². The number of aromatic nitrogens is 1. The number of nitrogen functional groups attached to an aromatic ring is 1. The van der Waals surface area contributed by atoms with E-state index in [0.29, 0.717) is 0 Å². The molecule has 0 aliphatic rings. The van der Waals surface area contributed by atoms with E-state index in [1.54, 1.807) is 0 Å². The average molecular weight is 290 g/mol. The number of benzene rings is 2. The van der Waals surface area contributed by atoms with Crippen molar-refractivity contribution in [3.63, 3.8) is 0 Å². The lowest BCUT2D eigenvalue weighted by molar-refractivity contribution is 0.590. The highest BCUT2D eigenvalue weighted by molar-refractivity contribution is 5.92. The van der Waals surface area contributed by atoms with Crippen LogP contribution in [0.25, 0.3) is 22.2 Å². The fourth-order valence-electron chi connectivity index (χ4n) is 2.74. The van der Waals surface area contributed by atoms with Gasteiger partial charge in [-0.15, -0.1) is 0 Å². The summed E-state index contributed by atoms with van der Waals surface area (Å²) in [6, 6.07) is 16.7. The van der Waals surface area contributed by atoms with Crippen LogP contribution in [-0.2, 0) is 5.41 Å². The van der Waals surface area contributed by atoms with E-state index in [-0.39, 0.29) is 5.41 Å². The summed E-state index contributed by atoms with van der Waals surface area (Å²) >= 11 is 0. The summed E-state index contributed by atoms with van der Waals surface area (Å²) in [6.07, 6.45) is 0. The van der Waals surface area contributed by atoms with Gasteiger partial charge in [0.15, 0.2) is 0 Å². The summed E-state index contributed by atoms with van der Waals surface area (Å²) in [4.78, 5) is 4.82. The number of aryl methyl sites for hydroxylation is 1. The number of nitrogens with zero attached hydrogens (tertiary/aromatic N) is 1. The minimum absolute atomic E-state index is 0.166. The van der Waals surface area contributed by atoms with Crippen LogP contribution in [0, 0.1) is 6.92 Å². The molecule has 0 aliphatic carbocycles. The van der Waals surface area contributed by atoms with Gasteiger partial charge in [-0.3, -0.25) is 0 Å². The van der Waals surface area contributed by atoms with Gasteiger partial charge >= 0.3 is 0 Å². The van der Waals surface area contributed by atoms with Crippen LogP contribution in [0.3, 0.4) is 0 Å². The van der Waals surface area contributed by atoms with Crippen LogP contribution in [0.5, 0.6) is 0 Å². The quantitative estimate of drug-likeness (QED) is 0.634. The van der Waals surface area contributed by atoms with E-state index in [1.807, 2.05) is 18.2 Å². The number of anilines is 1. The van der Waals surface area contributed by atoms with E-state index in [2.05, 4.69) is 58.0 Å². The molecule has 0 fully saturated rings. The Morgan fingerprint density at radius 1 is 0.955 bits per heavy atom. The maximum Gasteiger partial charge on any atom is 0.0738 e. The van der Waals surface area contributed by atoms with Crippen molar-refractivity contribution >= 4 is 16.6 Å². The van der Waals surface area contributed by atoms with Crippen molar-refractivity contribution in [1.82, 2.24) is 4.98 Å². The first-order chi connectivity index (χ1) is 10.4. The molecule has 2 N–H and O–H groups in total. The second-order valence-electron chi connectivity index (χ2n) is 6.90. The Morgan fingerprint density at radius 2 is 1.64 bits per heavy atom. The van der Waals surface area contributed by atoms with E-state index < -0.39 is 0 Å². The summed E-state index contributed by atoms with van der Waals surface area (Å²) in [7, 11) is 0. The summed E-state index contributed by atoms with van der Waals surface area (Å²) in [5.41, 5.74) is 12.6. The van der Waals surface area contributed by atoms with Crippen molar-refractivity contribution < 1.29 is 0 Å². The molecule has 0 saturated heterocycles. The van der Waals surface area contributed by atoms with Crippen molar-refractivity contribution in [3.8, 4) is 11.3 Å². The Kier molecular flexibility index (Phi) is 3.40. The van der Waals surface area contributed by atoms with Gasteiger partial charge in [-0.1, -0.05) is 51.1 Å². The molecule has 0 aliphatic heterocycles. The molecule has 112 valence electrons. The summed E-state index contributed by atoms with van der Waals surface area (Å²) < 4.78 is 0. The van der Waals surface area contributed by atoms with Crippen LogP contribution in [-0.4, -0.2) is 4.98 Å². The molecular weight excluding hydrogens is 268 g/mol. The largest absolute Gasteiger partial charge is 0.398 e. The first-order valence-electron chi connectivity index (χ1n) is 7.63. The van der Waals surface area contributed by atoms with Crippen LogP contribution >= 0.6 is 0 Å². The van der Waals surface area contributed by atoms with Crippen LogP contribution in [0.4, 0.5) is 5.69 Å². The van der Waals surface area contributed by atoms with Gasteiger partial charge in [0.25, 0.3) is 0 Å². The van der Waals surface area contributed by atoms with E-state index in [4.69, 9.17) is 10.7 Å². The molecule has 3 aromatic rings. The van der Waals surface area contributed by atoms with Crippen LogP contribution in [0.15, 0.2) is 48.5 Å². The van der Waals surface area contributed by atoms with E-state index in [9.17, 15) is 0 Å². The van der Waals surface area contributed by atoms with Crippen molar-refractivity contribution in [1.29, 1.82) is 0 Å². The minimum Gasteiger partial charge on any atom is -0.398 e. The third kappa shape index (κ3) is 2.57. The Bertz CT molecular complexity index is 825. The van der Waals surface area contributed by atoms with Crippen molar-refractivity contribution in [3.05, 3.63) is 59.7 Å². The van der Waals surface area contributed by atoms with Crippen LogP contribution in [0.2, 0.25) is 0 Å². The molecule has 0 atom stereocenters. The number of pyridine rings is 1. The number of rotatable bonds is 1. The summed E-state index contributed by atoms with van der Waals surface area (Å²) in [5, 5.41) is 1.02. The molecule has 0 amide bonds. The molecular formula is C20H22N2. The van der Waals surface area contributed by atoms with Crippen molar-refractivity contribution in [2.45, 2.75) is 33.1 Å². The molecule has 0 bridgehead atoms. The van der Waals surface area contributed by atoms with Crippen LogP contribution < -0.4 is 5.73 Å². The van der Waals surface area contributed by atoms with Gasteiger partial charge in [-0.2, -0.15) is 0 Å². The lowest BCUT2D eigenvalue weighted by atomic mass is 9.86. The average Bonchev–Trinajstić information content (AvgIpc) is 2.47. The van der Waals surface area contributed by atoms with E-state index in [1.165, 1.54) is 5.56 Å². The maximum absolute atomic E-state index is 6.04. The maximum atomic E-state index is 6.04. The first kappa shape index (κ1) is 14.6. The predicted octanol–water partition coefficient (Wildman–Crippen LogP) is 5.09. The lowest BCUT2D eigenvalue weighted by Crippen LogP contribution is -2.10. The fourth-order valence-corrected chi connectivity index (χ4v) is 2.74. The van der Waals surface area contributed by atoms with Gasteiger partial charge in [0, 0.05) is 16.6 Å². The second-order valence-corrected chi connectivity index (χ2v) is 6.90. The highest BCUT2D eigenvalue weighted by Gasteiger charge is 2.14. The second kappa shape index (κ2) is 5.13. The molecule has 3 rings (SSSR count). The monoisotopic (exact) mass is 290 g/mol. The molecule has 0 spiro atoms. The zero-order valence-corrected chi connectivity index (χ0v) is 13.6. The molecule has 2 nitrogen and oxygen atoms in total. The molecule has 22 heavy (non-hydrogen) atoms. The Labute approximate surface area is 132 Å². The molecule has 2 aromatic carbocycles. The van der Waals surface area contributed by atoms with Crippen molar-refractivity contribution in [2.24, 2.45) is 0 Å². The Morgan fingerprint density at radius 3 is 2.27 bits per heavy atom. The number of hydrogen-bond acceptors (Lipinski definition) is 2. The lowest BCUT2D eigenvalue weighted by Gasteiger charge is -2.19. The molecule has 1 aromatic heterocycles. The number of hydrogen-bond donors (Lipinski definition) is 1. The molecule has 0 unspecified atom stereocenters. The topological polar surface area (TPSA) is 38.9 Å². The van der Waals surface area contributed by atoms with Crippen molar-refractivity contribution in [2.75, 3.05) is 5.73 Å².